The summed E-state index contributed by atoms with van der Waals surface area (Å²) in [6.07, 6.45) is -4.77. The largest absolute Gasteiger partial charge is 0.441 e. The zero-order chi connectivity index (χ0) is 20.8. The number of cyclic esters (lactones) is 1. The minimum Gasteiger partial charge on any atom is -0.441 e. The Hall–Kier alpha value is -2.95. The summed E-state index contributed by atoms with van der Waals surface area (Å²) >= 11 is 0. The van der Waals surface area contributed by atoms with Gasteiger partial charge in [-0.3, -0.25) is 5.32 Å². The number of piperazine rings is 1. The van der Waals surface area contributed by atoms with Crippen molar-refractivity contribution in [2.24, 2.45) is 0 Å². The highest BCUT2D eigenvalue weighted by molar-refractivity contribution is 5.88. The Kier molecular flexibility index (Phi) is 4.77. The summed E-state index contributed by atoms with van der Waals surface area (Å²) in [5.74, 6) is 0.430. The van der Waals surface area contributed by atoms with Crippen LogP contribution in [0.3, 0.4) is 0 Å². The third kappa shape index (κ3) is 3.82. The molecule has 0 spiro atoms. The lowest BCUT2D eigenvalue weighted by Gasteiger charge is -2.33. The third-order valence-corrected chi connectivity index (χ3v) is 4.87. The van der Waals surface area contributed by atoms with Gasteiger partial charge in [-0.15, -0.1) is 0 Å². The molecule has 1 amide bonds. The van der Waals surface area contributed by atoms with Crippen LogP contribution in [0, 0.1) is 0 Å². The number of carbonyl (C=O) groups excluding carboxylic acids is 1. The zero-order valence-corrected chi connectivity index (χ0v) is 15.7. The second-order valence-electron chi connectivity index (χ2n) is 7.06. The van der Waals surface area contributed by atoms with E-state index >= 15 is 0 Å². The number of aromatic nitrogens is 3. The molecule has 1 saturated heterocycles. The molecule has 0 saturated carbocycles. The molecule has 4 rings (SSSR count). The fraction of sp³-hybridized carbons (Fsp3) is 0.444. The zero-order valence-electron chi connectivity index (χ0n) is 15.7. The Bertz CT molecular complexity index is 952. The van der Waals surface area contributed by atoms with Crippen molar-refractivity contribution in [1.82, 2.24) is 20.3 Å². The first-order valence-corrected chi connectivity index (χ1v) is 9.13. The van der Waals surface area contributed by atoms with Crippen molar-refractivity contribution in [3.63, 3.8) is 0 Å². The maximum absolute atomic E-state index is 13.6. The minimum atomic E-state index is -4.55. The Labute approximate surface area is 164 Å². The van der Waals surface area contributed by atoms with E-state index < -0.39 is 23.9 Å². The van der Waals surface area contributed by atoms with Gasteiger partial charge in [0.15, 0.2) is 0 Å². The second-order valence-corrected chi connectivity index (χ2v) is 7.06. The number of hydrogen-bond donors (Lipinski definition) is 2. The Morgan fingerprint density at radius 3 is 2.76 bits per heavy atom. The molecule has 1 fully saturated rings. The molecule has 0 aromatic carbocycles. The van der Waals surface area contributed by atoms with Gasteiger partial charge in [0.1, 0.15) is 29.8 Å². The number of hydrogen-bond acceptors (Lipinski definition) is 7. The van der Waals surface area contributed by atoms with Crippen molar-refractivity contribution in [3.05, 3.63) is 29.6 Å². The van der Waals surface area contributed by atoms with Crippen LogP contribution in [0.1, 0.15) is 31.1 Å². The highest BCUT2D eigenvalue weighted by atomic mass is 19.4. The molecule has 2 aromatic heterocycles. The number of rotatable bonds is 2. The summed E-state index contributed by atoms with van der Waals surface area (Å²) in [4.78, 5) is 26.0. The van der Waals surface area contributed by atoms with Gasteiger partial charge in [-0.25, -0.2) is 19.7 Å². The lowest BCUT2D eigenvalue weighted by molar-refractivity contribution is -0.137. The van der Waals surface area contributed by atoms with Gasteiger partial charge in [0.2, 0.25) is 0 Å². The Morgan fingerprint density at radius 2 is 2.03 bits per heavy atom. The number of pyridine rings is 1. The highest BCUT2D eigenvalue weighted by Crippen LogP contribution is 2.38. The first-order chi connectivity index (χ1) is 13.7. The topological polar surface area (TPSA) is 92.3 Å². The van der Waals surface area contributed by atoms with E-state index in [1.54, 1.807) is 6.92 Å². The number of halogens is 3. The summed E-state index contributed by atoms with van der Waals surface area (Å²) in [7, 11) is 0. The molecule has 8 nitrogen and oxygen atoms in total. The van der Waals surface area contributed by atoms with Crippen LogP contribution >= 0.6 is 0 Å². The molecule has 2 atom stereocenters. The molecule has 0 aliphatic carbocycles. The molecular formula is C18H19F3N6O2. The maximum Gasteiger partial charge on any atom is 0.416 e. The molecular weight excluding hydrogens is 389 g/mol. The molecule has 2 aliphatic heterocycles. The van der Waals surface area contributed by atoms with Crippen LogP contribution in [-0.2, 0) is 10.9 Å². The number of carbonyl (C=O) groups is 1. The Balaban J connectivity index is 1.85. The number of anilines is 2. The van der Waals surface area contributed by atoms with E-state index in [1.807, 2.05) is 11.8 Å². The standard InChI is InChI=1S/C18H19F3N6O2/c1-9-7-27(4-3-22-9)13-6-11(18(19,20)21)5-12(25-13)15-14-10(2)29-17(28)26-16(14)24-8-23-15/h5-6,8-10,22H,3-4,7H2,1-2H3,(H,23,24,26,28)/t9-,10+/m0/s1. The van der Waals surface area contributed by atoms with Crippen molar-refractivity contribution in [1.29, 1.82) is 0 Å². The fourth-order valence-electron chi connectivity index (χ4n) is 3.53. The van der Waals surface area contributed by atoms with E-state index in [1.165, 1.54) is 6.33 Å². The molecule has 2 N–H and O–H groups in total. The molecule has 0 radical (unpaired) electrons. The van der Waals surface area contributed by atoms with Crippen LogP contribution in [-0.4, -0.2) is 46.7 Å². The van der Waals surface area contributed by atoms with Crippen molar-refractivity contribution >= 4 is 17.7 Å². The van der Waals surface area contributed by atoms with Gasteiger partial charge in [-0.1, -0.05) is 0 Å². The van der Waals surface area contributed by atoms with Crippen molar-refractivity contribution in [2.75, 3.05) is 29.9 Å². The maximum atomic E-state index is 13.6. The monoisotopic (exact) mass is 408 g/mol. The van der Waals surface area contributed by atoms with Crippen molar-refractivity contribution < 1.29 is 22.7 Å². The summed E-state index contributed by atoms with van der Waals surface area (Å²) in [6, 6.07) is 2.14. The molecule has 2 aromatic rings. The van der Waals surface area contributed by atoms with Gasteiger partial charge in [0.05, 0.1) is 16.8 Å². The van der Waals surface area contributed by atoms with E-state index in [-0.39, 0.29) is 29.1 Å². The predicted molar refractivity (Wildman–Crippen MR) is 98.5 cm³/mol. The first kappa shape index (κ1) is 19.4. The lowest BCUT2D eigenvalue weighted by atomic mass is 10.0. The van der Waals surface area contributed by atoms with Gasteiger partial charge in [-0.2, -0.15) is 13.2 Å². The number of amides is 1. The van der Waals surface area contributed by atoms with Crippen LogP contribution in [0.5, 0.6) is 0 Å². The normalized spacial score (nSPS) is 22.0. The quantitative estimate of drug-likeness (QED) is 0.789. The number of nitrogens with one attached hydrogen (secondary N) is 2. The molecule has 4 heterocycles. The van der Waals surface area contributed by atoms with Crippen molar-refractivity contribution in [2.45, 2.75) is 32.2 Å². The SMILES string of the molecule is C[C@H]1CN(c2cc(C(F)(F)F)cc(-c3ncnc4c3[C@@H](C)OC(=O)N4)n2)CCN1. The molecule has 0 unspecified atom stereocenters. The summed E-state index contributed by atoms with van der Waals surface area (Å²) < 4.78 is 45.9. The van der Waals surface area contributed by atoms with Crippen molar-refractivity contribution in [3.8, 4) is 11.4 Å². The molecule has 0 bridgehead atoms. The average molecular weight is 408 g/mol. The van der Waals surface area contributed by atoms with Crippen LogP contribution < -0.4 is 15.5 Å². The summed E-state index contributed by atoms with van der Waals surface area (Å²) in [5, 5.41) is 5.70. The number of alkyl halides is 3. The van der Waals surface area contributed by atoms with Gasteiger partial charge in [0.25, 0.3) is 0 Å². The summed E-state index contributed by atoms with van der Waals surface area (Å²) in [6.45, 7) is 5.29. The van der Waals surface area contributed by atoms with Gasteiger partial charge in [0, 0.05) is 25.7 Å². The van der Waals surface area contributed by atoms with Crippen LogP contribution in [0.2, 0.25) is 0 Å². The van der Waals surface area contributed by atoms with E-state index in [0.717, 1.165) is 12.1 Å². The molecule has 11 heteroatoms. The third-order valence-electron chi connectivity index (χ3n) is 4.87. The molecule has 154 valence electrons. The average Bonchev–Trinajstić information content (AvgIpc) is 2.66. The smallest absolute Gasteiger partial charge is 0.416 e. The highest BCUT2D eigenvalue weighted by Gasteiger charge is 2.34. The molecule has 29 heavy (non-hydrogen) atoms. The van der Waals surface area contributed by atoms with Crippen LogP contribution in [0.25, 0.3) is 11.4 Å². The van der Waals surface area contributed by atoms with E-state index in [2.05, 4.69) is 25.6 Å². The number of ether oxygens (including phenoxy) is 1. The predicted octanol–water partition coefficient (Wildman–Crippen LogP) is 2.98. The van der Waals surface area contributed by atoms with E-state index in [4.69, 9.17) is 4.74 Å². The minimum absolute atomic E-state index is 0.0475. The van der Waals surface area contributed by atoms with Crippen LogP contribution in [0.4, 0.5) is 29.6 Å². The van der Waals surface area contributed by atoms with Crippen LogP contribution in [0.15, 0.2) is 18.5 Å². The lowest BCUT2D eigenvalue weighted by Crippen LogP contribution is -2.49. The number of nitrogens with zero attached hydrogens (tertiary/aromatic N) is 4. The molecule has 2 aliphatic rings. The fourth-order valence-corrected chi connectivity index (χ4v) is 3.53. The Morgan fingerprint density at radius 1 is 1.24 bits per heavy atom. The van der Waals surface area contributed by atoms with Gasteiger partial charge < -0.3 is 15.0 Å². The first-order valence-electron chi connectivity index (χ1n) is 9.13. The van der Waals surface area contributed by atoms with Gasteiger partial charge >= 0.3 is 12.3 Å². The second kappa shape index (κ2) is 7.14. The number of fused-ring (bicyclic) bond motifs is 1. The van der Waals surface area contributed by atoms with E-state index in [0.29, 0.717) is 25.2 Å². The van der Waals surface area contributed by atoms with E-state index in [9.17, 15) is 18.0 Å². The summed E-state index contributed by atoms with van der Waals surface area (Å²) in [5.41, 5.74) is -0.188. The van der Waals surface area contributed by atoms with Gasteiger partial charge in [-0.05, 0) is 26.0 Å².